The van der Waals surface area contributed by atoms with Crippen LogP contribution in [0.15, 0.2) is 85.2 Å². The molecule has 12 rings (SSSR count). The molecule has 5 aromatic rings. The highest BCUT2D eigenvalue weighted by molar-refractivity contribution is 6.17. The fraction of sp³-hybridized carbons (Fsp3) is 0.396. The Morgan fingerprint density at radius 1 is 0.827 bits per heavy atom. The lowest BCUT2D eigenvalue weighted by atomic mass is 9.86. The Labute approximate surface area is 427 Å². The molecule has 75 heavy (non-hydrogen) atoms. The molecular formula is C53H52F4N10O8. The number of imide groups is 1. The number of benzene rings is 3. The van der Waals surface area contributed by atoms with Gasteiger partial charge in [0.2, 0.25) is 29.5 Å². The Kier molecular flexibility index (Phi) is 13.1. The van der Waals surface area contributed by atoms with Crippen LogP contribution >= 0.6 is 0 Å². The van der Waals surface area contributed by atoms with Crippen molar-refractivity contribution in [3.05, 3.63) is 102 Å². The molecule has 6 aliphatic heterocycles. The van der Waals surface area contributed by atoms with Crippen LogP contribution < -0.4 is 35.6 Å². The molecule has 3 atom stereocenters. The van der Waals surface area contributed by atoms with Crippen molar-refractivity contribution >= 4 is 69.2 Å². The van der Waals surface area contributed by atoms with Crippen molar-refractivity contribution < 1.29 is 55.8 Å². The molecule has 1 saturated carbocycles. The first-order valence-corrected chi connectivity index (χ1v) is 25.0. The topological polar surface area (TPSA) is 208 Å². The summed E-state index contributed by atoms with van der Waals surface area (Å²) in [5.41, 5.74) is 1.54. The molecule has 6 fully saturated rings. The average Bonchev–Trinajstić information content (AvgIpc) is 4.15. The number of amides is 6. The third kappa shape index (κ3) is 10.5. The van der Waals surface area contributed by atoms with Gasteiger partial charge >= 0.3 is 6.18 Å². The number of rotatable bonds is 15. The number of halogens is 4. The van der Waals surface area contributed by atoms with Crippen LogP contribution in [0.3, 0.4) is 0 Å². The van der Waals surface area contributed by atoms with E-state index >= 15 is 0 Å². The second-order valence-electron chi connectivity index (χ2n) is 20.2. The highest BCUT2D eigenvalue weighted by Gasteiger charge is 2.56. The number of piperazine rings is 1. The summed E-state index contributed by atoms with van der Waals surface area (Å²) in [4.78, 5) is 93.7. The summed E-state index contributed by atoms with van der Waals surface area (Å²) >= 11 is 0. The smallest absolute Gasteiger partial charge is 0.422 e. The second kappa shape index (κ2) is 19.9. The fourth-order valence-electron chi connectivity index (χ4n) is 11.0. The third-order valence-corrected chi connectivity index (χ3v) is 15.1. The number of nitrogens with zero attached hydrogens (tertiary/aromatic N) is 6. The van der Waals surface area contributed by atoms with E-state index in [4.69, 9.17) is 9.47 Å². The lowest BCUT2D eigenvalue weighted by Gasteiger charge is -2.56. The minimum absolute atomic E-state index is 0.0467. The van der Waals surface area contributed by atoms with Gasteiger partial charge in [-0.3, -0.25) is 48.9 Å². The highest BCUT2D eigenvalue weighted by atomic mass is 19.4. The second-order valence-corrected chi connectivity index (χ2v) is 20.2. The van der Waals surface area contributed by atoms with E-state index in [1.165, 1.54) is 41.4 Å². The van der Waals surface area contributed by atoms with Crippen molar-refractivity contribution in [3.63, 3.8) is 0 Å². The highest BCUT2D eigenvalue weighted by Crippen LogP contribution is 2.48. The molecule has 5 saturated heterocycles. The van der Waals surface area contributed by atoms with Gasteiger partial charge in [0.05, 0.1) is 23.3 Å². The lowest BCUT2D eigenvalue weighted by Crippen LogP contribution is -2.70. The minimum atomic E-state index is -4.59. The predicted molar refractivity (Wildman–Crippen MR) is 264 cm³/mol. The van der Waals surface area contributed by atoms with Gasteiger partial charge < -0.3 is 35.2 Å². The van der Waals surface area contributed by atoms with Gasteiger partial charge in [0.25, 0.3) is 5.91 Å². The Morgan fingerprint density at radius 3 is 2.19 bits per heavy atom. The molecule has 3 aromatic carbocycles. The largest absolute Gasteiger partial charge is 0.482 e. The summed E-state index contributed by atoms with van der Waals surface area (Å²) in [7, 11) is 0. The summed E-state index contributed by atoms with van der Waals surface area (Å²) in [6, 6.07) is 17.9. The normalized spacial score (nSPS) is 21.5. The molecule has 2 aromatic heterocycles. The number of hydrogen-bond donors (Lipinski definition) is 4. The molecule has 2 bridgehead atoms. The van der Waals surface area contributed by atoms with Crippen molar-refractivity contribution in [2.75, 3.05) is 66.7 Å². The number of carbonyl (C=O) groups excluding carboxylic acids is 6. The molecule has 18 nitrogen and oxygen atoms in total. The van der Waals surface area contributed by atoms with Gasteiger partial charge in [-0.05, 0) is 123 Å². The van der Waals surface area contributed by atoms with Crippen molar-refractivity contribution in [2.24, 2.45) is 11.3 Å². The summed E-state index contributed by atoms with van der Waals surface area (Å²) in [5, 5.41) is 11.1. The molecule has 390 valence electrons. The van der Waals surface area contributed by atoms with Crippen LogP contribution in [0.1, 0.15) is 60.9 Å². The Balaban J connectivity index is 0.674. The molecule has 3 unspecified atom stereocenters. The van der Waals surface area contributed by atoms with Crippen molar-refractivity contribution in [2.45, 2.75) is 75.8 Å². The van der Waals surface area contributed by atoms with Crippen molar-refractivity contribution in [3.8, 4) is 17.2 Å². The number of hydrogen-bond acceptors (Lipinski definition) is 13. The van der Waals surface area contributed by atoms with Gasteiger partial charge in [0, 0.05) is 86.9 Å². The van der Waals surface area contributed by atoms with Gasteiger partial charge in [0.15, 0.2) is 6.61 Å². The van der Waals surface area contributed by atoms with Gasteiger partial charge in [-0.25, -0.2) is 9.37 Å². The van der Waals surface area contributed by atoms with E-state index in [1.54, 1.807) is 48.7 Å². The third-order valence-electron chi connectivity index (χ3n) is 15.1. The fourth-order valence-corrected chi connectivity index (χ4v) is 11.0. The quantitative estimate of drug-likeness (QED) is 0.0522. The van der Waals surface area contributed by atoms with E-state index in [0.29, 0.717) is 88.3 Å². The van der Waals surface area contributed by atoms with Gasteiger partial charge in [-0.15, -0.1) is 0 Å². The number of alkyl halides is 3. The standard InChI is InChI=1S/C53H52F4N10O8/c54-32-1-3-33(4-2-32)60-50(72)52(14-15-52)51(73)61-34-5-7-37(8-6-34)75-43-11-16-58-40-22-42(44(21-38(40)43)74-29-53(55,56)57)65-17-12-30(13-18-65)24-64-26-35-20-36(27-64)66(35)28-47(69)62-45-19-31-25-67(49(71)39(31)23-59-45)41-9-10-46(68)63-48(41)70/h1-8,11,16,19,21-23,30,35-36,41H,9-10,12-15,17-18,20,24-29H2,(H,60,72)(H,61,73)(H,59,62,69)(H,63,68,70). The average molecular weight is 1030 g/mol. The zero-order chi connectivity index (χ0) is 52.2. The van der Waals surface area contributed by atoms with Gasteiger partial charge in [-0.2, -0.15) is 13.2 Å². The minimum Gasteiger partial charge on any atom is -0.482 e. The number of ether oxygens (including phenoxy) is 2. The first kappa shape index (κ1) is 49.5. The van der Waals surface area contributed by atoms with E-state index in [0.717, 1.165) is 38.9 Å². The van der Waals surface area contributed by atoms with E-state index in [-0.39, 0.29) is 61.5 Å². The van der Waals surface area contributed by atoms with Crippen LogP contribution in [0.25, 0.3) is 10.9 Å². The maximum atomic E-state index is 13.6. The van der Waals surface area contributed by atoms with Crippen molar-refractivity contribution in [1.29, 1.82) is 0 Å². The molecular weight excluding hydrogens is 981 g/mol. The van der Waals surface area contributed by atoms with Crippen LogP contribution in [-0.4, -0.2) is 130 Å². The number of pyridine rings is 2. The summed E-state index contributed by atoms with van der Waals surface area (Å²) < 4.78 is 66.0. The zero-order valence-corrected chi connectivity index (χ0v) is 40.5. The van der Waals surface area contributed by atoms with Crippen LogP contribution in [0.4, 0.5) is 40.4 Å². The number of nitrogens with one attached hydrogen (secondary N) is 4. The lowest BCUT2D eigenvalue weighted by molar-refractivity contribution is -0.153. The summed E-state index contributed by atoms with van der Waals surface area (Å²) in [6.07, 6.45) is 2.08. The molecule has 6 amide bonds. The van der Waals surface area contributed by atoms with Crippen LogP contribution in [0.2, 0.25) is 0 Å². The molecule has 4 N–H and O–H groups in total. The molecule has 1 aliphatic carbocycles. The Hall–Kier alpha value is -7.72. The van der Waals surface area contributed by atoms with Gasteiger partial charge in [0.1, 0.15) is 40.3 Å². The molecule has 0 spiro atoms. The maximum absolute atomic E-state index is 13.6. The van der Waals surface area contributed by atoms with Crippen LogP contribution in [0, 0.1) is 17.2 Å². The van der Waals surface area contributed by atoms with Gasteiger partial charge in [-0.1, -0.05) is 0 Å². The molecule has 0 radical (unpaired) electrons. The summed E-state index contributed by atoms with van der Waals surface area (Å²) in [6.45, 7) is 2.52. The number of fused-ring (bicyclic) bond motifs is 4. The van der Waals surface area contributed by atoms with E-state index in [2.05, 4.69) is 41.0 Å². The van der Waals surface area contributed by atoms with E-state index in [9.17, 15) is 46.3 Å². The SMILES string of the molecule is O=C1CCC(N2Cc3cc(NC(=O)CN4C5CC4CN(CC4CCN(c6cc7nccc(Oc8ccc(NC(=O)C9(C(=O)Nc%10ccc(F)cc%10)CC9)cc8)c7cc6OCC(F)(F)F)CC4)C5)ncc3C2=O)C(=O)N1. The van der Waals surface area contributed by atoms with E-state index in [1.807, 2.05) is 4.90 Å². The predicted octanol–water partition coefficient (Wildman–Crippen LogP) is 6.23. The molecule has 7 aliphatic rings. The van der Waals surface area contributed by atoms with Crippen LogP contribution in [-0.2, 0) is 30.5 Å². The Bertz CT molecular complexity index is 3080. The number of anilines is 4. The first-order valence-electron chi connectivity index (χ1n) is 25.0. The van der Waals surface area contributed by atoms with Crippen molar-refractivity contribution in [1.82, 2.24) is 30.0 Å². The summed E-state index contributed by atoms with van der Waals surface area (Å²) in [5.74, 6) is -1.43. The zero-order valence-electron chi connectivity index (χ0n) is 40.5. The number of aromatic nitrogens is 2. The number of piperidine rings is 3. The monoisotopic (exact) mass is 1030 g/mol. The molecule has 8 heterocycles. The number of carbonyl (C=O) groups is 6. The maximum Gasteiger partial charge on any atom is 0.422 e. The van der Waals surface area contributed by atoms with Crippen LogP contribution in [0.5, 0.6) is 17.2 Å². The molecule has 22 heteroatoms. The first-order chi connectivity index (χ1) is 36.0. The Morgan fingerprint density at radius 2 is 1.52 bits per heavy atom. The van der Waals surface area contributed by atoms with E-state index < -0.39 is 47.8 Å².